The van der Waals surface area contributed by atoms with Crippen LogP contribution in [-0.2, 0) is 22.4 Å². The average Bonchev–Trinajstić information content (AvgIpc) is 3.42. The minimum Gasteiger partial charge on any atom is -0.426 e. The van der Waals surface area contributed by atoms with Crippen LogP contribution in [0.25, 0.3) is 0 Å². The van der Waals surface area contributed by atoms with Crippen molar-refractivity contribution in [2.45, 2.75) is 19.3 Å². The first kappa shape index (κ1) is 21.3. The molecular formula is C24H22Cl2N2O4. The normalized spacial score (nSPS) is 21.5. The standard InChI is InChI=1S/C24H22Cl2N2O4/c25-19-5-14(6-20(26)9-19)1-4-22(29)27-10-17-12-28(13-18(17)11-27)24(31)16-3-2-15-8-23(30)32-21(15)7-16/h2-3,5-7,9,17-18H,1,4,8,10-13H2/t17-,18+. The number of aryl methyl sites for hydroxylation is 1. The highest BCUT2D eigenvalue weighted by Gasteiger charge is 2.43. The van der Waals surface area contributed by atoms with Crippen molar-refractivity contribution in [3.8, 4) is 5.75 Å². The van der Waals surface area contributed by atoms with Gasteiger partial charge in [0.1, 0.15) is 5.75 Å². The number of rotatable bonds is 4. The van der Waals surface area contributed by atoms with E-state index in [9.17, 15) is 14.4 Å². The number of amides is 2. The number of hydrogen-bond acceptors (Lipinski definition) is 4. The van der Waals surface area contributed by atoms with Crippen molar-refractivity contribution < 1.29 is 19.1 Å². The van der Waals surface area contributed by atoms with Crippen molar-refractivity contribution in [1.82, 2.24) is 9.80 Å². The summed E-state index contributed by atoms with van der Waals surface area (Å²) in [5, 5.41) is 1.14. The van der Waals surface area contributed by atoms with Crippen LogP contribution >= 0.6 is 23.2 Å². The molecule has 32 heavy (non-hydrogen) atoms. The molecule has 2 aromatic rings. The SMILES string of the molecule is O=C1Cc2ccc(C(=O)N3C[C@H]4CN(C(=O)CCc5cc(Cl)cc(Cl)c5)C[C@H]4C3)cc2O1. The van der Waals surface area contributed by atoms with Gasteiger partial charge >= 0.3 is 5.97 Å². The van der Waals surface area contributed by atoms with Crippen LogP contribution in [0.5, 0.6) is 5.75 Å². The lowest BCUT2D eigenvalue weighted by Crippen LogP contribution is -2.35. The van der Waals surface area contributed by atoms with Gasteiger partial charge in [0.15, 0.2) is 0 Å². The summed E-state index contributed by atoms with van der Waals surface area (Å²) in [5.41, 5.74) is 2.30. The Bertz CT molecular complexity index is 1080. The fourth-order valence-electron chi connectivity index (χ4n) is 4.95. The molecule has 3 heterocycles. The highest BCUT2D eigenvalue weighted by Crippen LogP contribution is 2.34. The van der Waals surface area contributed by atoms with Gasteiger partial charge in [0, 0.05) is 65.6 Å². The Morgan fingerprint density at radius 2 is 1.59 bits per heavy atom. The van der Waals surface area contributed by atoms with Crippen molar-refractivity contribution in [3.63, 3.8) is 0 Å². The van der Waals surface area contributed by atoms with Crippen molar-refractivity contribution in [2.24, 2.45) is 11.8 Å². The Morgan fingerprint density at radius 3 is 2.28 bits per heavy atom. The first-order chi connectivity index (χ1) is 15.4. The maximum Gasteiger partial charge on any atom is 0.315 e. The number of halogens is 2. The third-order valence-electron chi connectivity index (χ3n) is 6.55. The van der Waals surface area contributed by atoms with Gasteiger partial charge in [0.2, 0.25) is 5.91 Å². The molecule has 0 spiro atoms. The molecule has 166 valence electrons. The minimum absolute atomic E-state index is 0.0548. The van der Waals surface area contributed by atoms with Crippen molar-refractivity contribution in [2.75, 3.05) is 26.2 Å². The number of likely N-dealkylation sites (tertiary alicyclic amines) is 2. The zero-order valence-corrected chi connectivity index (χ0v) is 18.9. The molecule has 0 aliphatic carbocycles. The fraction of sp³-hybridized carbons (Fsp3) is 0.375. The predicted octanol–water partition coefficient (Wildman–Crippen LogP) is 3.62. The number of esters is 1. The van der Waals surface area contributed by atoms with E-state index < -0.39 is 0 Å². The molecular weight excluding hydrogens is 451 g/mol. The summed E-state index contributed by atoms with van der Waals surface area (Å²) >= 11 is 12.1. The summed E-state index contributed by atoms with van der Waals surface area (Å²) in [6.45, 7) is 2.61. The molecule has 6 nitrogen and oxygen atoms in total. The smallest absolute Gasteiger partial charge is 0.315 e. The number of fused-ring (bicyclic) bond motifs is 2. The second kappa shape index (κ2) is 8.41. The van der Waals surface area contributed by atoms with E-state index in [2.05, 4.69) is 0 Å². The van der Waals surface area contributed by atoms with Crippen LogP contribution in [0, 0.1) is 11.8 Å². The monoisotopic (exact) mass is 472 g/mol. The molecule has 0 N–H and O–H groups in total. The van der Waals surface area contributed by atoms with Gasteiger partial charge in [-0.1, -0.05) is 29.3 Å². The maximum atomic E-state index is 13.0. The molecule has 0 saturated carbocycles. The molecule has 0 unspecified atom stereocenters. The Balaban J connectivity index is 1.15. The van der Waals surface area contributed by atoms with Crippen molar-refractivity contribution in [3.05, 3.63) is 63.1 Å². The maximum absolute atomic E-state index is 13.0. The number of benzene rings is 2. The van der Waals surface area contributed by atoms with Gasteiger partial charge in [-0.2, -0.15) is 0 Å². The Hall–Kier alpha value is -2.57. The molecule has 2 aromatic carbocycles. The molecule has 0 bridgehead atoms. The molecule has 3 aliphatic rings. The summed E-state index contributed by atoms with van der Waals surface area (Å²) in [6.07, 6.45) is 1.26. The highest BCUT2D eigenvalue weighted by atomic mass is 35.5. The third kappa shape index (κ3) is 4.21. The van der Waals surface area contributed by atoms with E-state index in [1.165, 1.54) is 0 Å². The van der Waals surface area contributed by atoms with E-state index in [1.54, 1.807) is 24.3 Å². The largest absolute Gasteiger partial charge is 0.426 e. The predicted molar refractivity (Wildman–Crippen MR) is 120 cm³/mol. The molecule has 5 rings (SSSR count). The minimum atomic E-state index is -0.288. The summed E-state index contributed by atoms with van der Waals surface area (Å²) < 4.78 is 5.17. The molecule has 2 fully saturated rings. The molecule has 3 aliphatic heterocycles. The number of ether oxygens (including phenoxy) is 1. The Labute approximate surface area is 196 Å². The third-order valence-corrected chi connectivity index (χ3v) is 6.99. The lowest BCUT2D eigenvalue weighted by Gasteiger charge is -2.22. The summed E-state index contributed by atoms with van der Waals surface area (Å²) in [7, 11) is 0. The second-order valence-corrected chi connectivity index (χ2v) is 9.65. The van der Waals surface area contributed by atoms with Gasteiger partial charge < -0.3 is 14.5 Å². The van der Waals surface area contributed by atoms with E-state index in [0.29, 0.717) is 60.4 Å². The van der Waals surface area contributed by atoms with Crippen LogP contribution in [0.15, 0.2) is 36.4 Å². The molecule has 2 atom stereocenters. The quantitative estimate of drug-likeness (QED) is 0.503. The van der Waals surface area contributed by atoms with Crippen LogP contribution in [0.4, 0.5) is 0 Å². The number of carbonyl (C=O) groups is 3. The zero-order valence-electron chi connectivity index (χ0n) is 17.4. The lowest BCUT2D eigenvalue weighted by atomic mass is 10.0. The number of nitrogens with zero attached hydrogens (tertiary/aromatic N) is 2. The molecule has 2 amide bonds. The van der Waals surface area contributed by atoms with Crippen molar-refractivity contribution in [1.29, 1.82) is 0 Å². The van der Waals surface area contributed by atoms with Crippen LogP contribution in [0.3, 0.4) is 0 Å². The highest BCUT2D eigenvalue weighted by molar-refractivity contribution is 6.34. The fourth-order valence-corrected chi connectivity index (χ4v) is 5.52. The molecule has 2 saturated heterocycles. The van der Waals surface area contributed by atoms with E-state index in [-0.39, 0.29) is 36.0 Å². The molecule has 8 heteroatoms. The van der Waals surface area contributed by atoms with Gasteiger partial charge in [-0.05, 0) is 42.3 Å². The van der Waals surface area contributed by atoms with Gasteiger partial charge in [-0.3, -0.25) is 14.4 Å². The van der Waals surface area contributed by atoms with Gasteiger partial charge in [0.25, 0.3) is 5.91 Å². The van der Waals surface area contributed by atoms with Crippen LogP contribution in [0.1, 0.15) is 27.9 Å². The summed E-state index contributed by atoms with van der Waals surface area (Å²) in [6, 6.07) is 10.6. The Morgan fingerprint density at radius 1 is 0.938 bits per heavy atom. The molecule has 0 aromatic heterocycles. The van der Waals surface area contributed by atoms with E-state index in [4.69, 9.17) is 27.9 Å². The molecule has 0 radical (unpaired) electrons. The first-order valence-electron chi connectivity index (χ1n) is 10.7. The van der Waals surface area contributed by atoms with Crippen LogP contribution in [-0.4, -0.2) is 53.8 Å². The summed E-state index contributed by atoms with van der Waals surface area (Å²) in [4.78, 5) is 40.9. The summed E-state index contributed by atoms with van der Waals surface area (Å²) in [5.74, 6) is 0.836. The zero-order chi connectivity index (χ0) is 22.4. The van der Waals surface area contributed by atoms with E-state index >= 15 is 0 Å². The van der Waals surface area contributed by atoms with Gasteiger partial charge in [-0.25, -0.2) is 0 Å². The van der Waals surface area contributed by atoms with Crippen LogP contribution in [0.2, 0.25) is 10.0 Å². The first-order valence-corrected chi connectivity index (χ1v) is 11.5. The number of hydrogen-bond donors (Lipinski definition) is 0. The van der Waals surface area contributed by atoms with Gasteiger partial charge in [0.05, 0.1) is 6.42 Å². The van der Waals surface area contributed by atoms with E-state index in [0.717, 1.165) is 11.1 Å². The van der Waals surface area contributed by atoms with E-state index in [1.807, 2.05) is 21.9 Å². The average molecular weight is 473 g/mol. The number of carbonyl (C=O) groups excluding carboxylic acids is 3. The van der Waals surface area contributed by atoms with Crippen molar-refractivity contribution >= 4 is 41.0 Å². The second-order valence-electron chi connectivity index (χ2n) is 8.78. The topological polar surface area (TPSA) is 66.9 Å². The van der Waals surface area contributed by atoms with Crippen LogP contribution < -0.4 is 4.74 Å². The van der Waals surface area contributed by atoms with Gasteiger partial charge in [-0.15, -0.1) is 0 Å². The Kier molecular flexibility index (Phi) is 5.59. The lowest BCUT2D eigenvalue weighted by molar-refractivity contribution is -0.132.